The predicted octanol–water partition coefficient (Wildman–Crippen LogP) is 4.92. The van der Waals surface area contributed by atoms with Gasteiger partial charge in [-0.3, -0.25) is 9.69 Å². The van der Waals surface area contributed by atoms with Crippen molar-refractivity contribution < 1.29 is 14.1 Å². The fourth-order valence-electron chi connectivity index (χ4n) is 3.98. The molecule has 6 nitrogen and oxygen atoms in total. The quantitative estimate of drug-likeness (QED) is 0.550. The number of rotatable bonds is 7. The molecule has 0 atom stereocenters. The number of hydrogen-bond donors (Lipinski definition) is 1. The molecule has 1 aromatic heterocycles. The van der Waals surface area contributed by atoms with Crippen LogP contribution in [0.3, 0.4) is 0 Å². The maximum absolute atomic E-state index is 13.0. The van der Waals surface area contributed by atoms with Gasteiger partial charge < -0.3 is 14.6 Å². The van der Waals surface area contributed by atoms with E-state index in [1.165, 1.54) is 5.56 Å². The maximum Gasteiger partial charge on any atom is 0.255 e. The second kappa shape index (κ2) is 10.2. The highest BCUT2D eigenvalue weighted by atomic mass is 35.5. The first-order valence-corrected chi connectivity index (χ1v) is 11.3. The molecule has 1 aliphatic rings. The van der Waals surface area contributed by atoms with Crippen LogP contribution in [0.1, 0.15) is 45.8 Å². The first-order chi connectivity index (χ1) is 15.5. The Morgan fingerprint density at radius 1 is 1.16 bits per heavy atom. The van der Waals surface area contributed by atoms with Crippen molar-refractivity contribution in [3.63, 3.8) is 0 Å². The van der Waals surface area contributed by atoms with Gasteiger partial charge in [0.1, 0.15) is 18.1 Å². The SMILES string of the molecule is Cc1noc(C)c1COc1ccccc1C(=O)NC1CCN(Cc2ccc(Cl)cc2)CC1. The van der Waals surface area contributed by atoms with Gasteiger partial charge in [-0.05, 0) is 56.5 Å². The number of para-hydroxylation sites is 1. The topological polar surface area (TPSA) is 67.6 Å². The van der Waals surface area contributed by atoms with E-state index in [0.717, 1.165) is 54.5 Å². The van der Waals surface area contributed by atoms with Crippen LogP contribution in [0.5, 0.6) is 5.75 Å². The summed E-state index contributed by atoms with van der Waals surface area (Å²) in [6, 6.07) is 15.5. The Morgan fingerprint density at radius 2 is 1.88 bits per heavy atom. The Bertz CT molecular complexity index is 1040. The molecule has 1 aliphatic heterocycles. The Balaban J connectivity index is 1.31. The van der Waals surface area contributed by atoms with Crippen molar-refractivity contribution in [3.8, 4) is 5.75 Å². The molecule has 1 amide bonds. The van der Waals surface area contributed by atoms with Gasteiger partial charge in [-0.15, -0.1) is 0 Å². The molecule has 0 aliphatic carbocycles. The van der Waals surface area contributed by atoms with Gasteiger partial charge in [0, 0.05) is 30.7 Å². The fraction of sp³-hybridized carbons (Fsp3) is 0.360. The molecule has 1 fully saturated rings. The van der Waals surface area contributed by atoms with Crippen LogP contribution >= 0.6 is 11.6 Å². The van der Waals surface area contributed by atoms with Gasteiger partial charge >= 0.3 is 0 Å². The van der Waals surface area contributed by atoms with Crippen molar-refractivity contribution >= 4 is 17.5 Å². The normalized spacial score (nSPS) is 15.0. The molecule has 32 heavy (non-hydrogen) atoms. The number of nitrogens with one attached hydrogen (secondary N) is 1. The third-order valence-corrected chi connectivity index (χ3v) is 6.18. The molecule has 0 saturated carbocycles. The summed E-state index contributed by atoms with van der Waals surface area (Å²) in [5.74, 6) is 1.19. The van der Waals surface area contributed by atoms with Gasteiger partial charge in [-0.25, -0.2) is 0 Å². The second-order valence-electron chi connectivity index (χ2n) is 8.24. The number of amides is 1. The van der Waals surface area contributed by atoms with E-state index >= 15 is 0 Å². The summed E-state index contributed by atoms with van der Waals surface area (Å²) >= 11 is 5.97. The predicted molar refractivity (Wildman–Crippen MR) is 124 cm³/mol. The molecule has 3 aromatic rings. The van der Waals surface area contributed by atoms with Gasteiger partial charge in [0.05, 0.1) is 16.8 Å². The van der Waals surface area contributed by atoms with Gasteiger partial charge in [-0.1, -0.05) is 41.0 Å². The van der Waals surface area contributed by atoms with Crippen LogP contribution in [-0.2, 0) is 13.2 Å². The molecule has 4 rings (SSSR count). The largest absolute Gasteiger partial charge is 0.488 e. The minimum Gasteiger partial charge on any atom is -0.488 e. The molecule has 1 N–H and O–H groups in total. The summed E-state index contributed by atoms with van der Waals surface area (Å²) in [5, 5.41) is 7.90. The highest BCUT2D eigenvalue weighted by Gasteiger charge is 2.23. The molecule has 168 valence electrons. The van der Waals surface area contributed by atoms with E-state index < -0.39 is 0 Å². The lowest BCUT2D eigenvalue weighted by Gasteiger charge is -2.32. The van der Waals surface area contributed by atoms with Crippen LogP contribution in [0.15, 0.2) is 53.1 Å². The number of aryl methyl sites for hydroxylation is 2. The Hall–Kier alpha value is -2.83. The van der Waals surface area contributed by atoms with E-state index in [2.05, 4.69) is 27.5 Å². The number of carbonyl (C=O) groups is 1. The molecule has 2 aromatic carbocycles. The number of piperidine rings is 1. The lowest BCUT2D eigenvalue weighted by molar-refractivity contribution is 0.0904. The van der Waals surface area contributed by atoms with Gasteiger partial charge in [0.2, 0.25) is 0 Å². The number of carbonyl (C=O) groups excluding carboxylic acids is 1. The van der Waals surface area contributed by atoms with Crippen molar-refractivity contribution in [2.24, 2.45) is 0 Å². The van der Waals surface area contributed by atoms with Gasteiger partial charge in [0.25, 0.3) is 5.91 Å². The Morgan fingerprint density at radius 3 is 2.56 bits per heavy atom. The highest BCUT2D eigenvalue weighted by molar-refractivity contribution is 6.30. The zero-order chi connectivity index (χ0) is 22.5. The minimum absolute atomic E-state index is 0.101. The fourth-order valence-corrected chi connectivity index (χ4v) is 4.11. The number of halogens is 1. The lowest BCUT2D eigenvalue weighted by atomic mass is 10.0. The zero-order valence-electron chi connectivity index (χ0n) is 18.4. The van der Waals surface area contributed by atoms with E-state index in [0.29, 0.717) is 17.9 Å². The molecular weight excluding hydrogens is 426 g/mol. The third-order valence-electron chi connectivity index (χ3n) is 5.93. The standard InChI is InChI=1S/C25H28ClN3O3/c1-17-23(18(2)32-28-17)16-31-24-6-4-3-5-22(24)25(30)27-21-11-13-29(14-12-21)15-19-7-9-20(26)10-8-19/h3-10,21H,11-16H2,1-2H3,(H,27,30). The van der Waals surface area contributed by atoms with E-state index in [-0.39, 0.29) is 11.9 Å². The van der Waals surface area contributed by atoms with E-state index in [1.54, 1.807) is 6.07 Å². The first-order valence-electron chi connectivity index (χ1n) is 10.9. The van der Waals surface area contributed by atoms with E-state index in [4.69, 9.17) is 20.9 Å². The van der Waals surface area contributed by atoms with Gasteiger partial charge in [0.15, 0.2) is 0 Å². The maximum atomic E-state index is 13.0. The van der Waals surface area contributed by atoms with Gasteiger partial charge in [-0.2, -0.15) is 0 Å². The van der Waals surface area contributed by atoms with Crippen LogP contribution in [0.2, 0.25) is 5.02 Å². The first kappa shape index (κ1) is 22.4. The van der Waals surface area contributed by atoms with Crippen LogP contribution < -0.4 is 10.1 Å². The Kier molecular flexibility index (Phi) is 7.12. The summed E-state index contributed by atoms with van der Waals surface area (Å²) in [7, 11) is 0. The van der Waals surface area contributed by atoms with Crippen LogP contribution in [0, 0.1) is 13.8 Å². The summed E-state index contributed by atoms with van der Waals surface area (Å²) in [6.07, 6.45) is 1.84. The van der Waals surface area contributed by atoms with E-state index in [1.807, 2.05) is 44.2 Å². The zero-order valence-corrected chi connectivity index (χ0v) is 19.2. The lowest BCUT2D eigenvalue weighted by Crippen LogP contribution is -2.44. The van der Waals surface area contributed by atoms with Crippen LogP contribution in [0.25, 0.3) is 0 Å². The molecule has 0 spiro atoms. The van der Waals surface area contributed by atoms with Crippen molar-refractivity contribution in [1.29, 1.82) is 0 Å². The average molecular weight is 454 g/mol. The highest BCUT2D eigenvalue weighted by Crippen LogP contribution is 2.22. The number of likely N-dealkylation sites (tertiary alicyclic amines) is 1. The summed E-state index contributed by atoms with van der Waals surface area (Å²) in [5.41, 5.74) is 3.51. The summed E-state index contributed by atoms with van der Waals surface area (Å²) in [4.78, 5) is 15.4. The smallest absolute Gasteiger partial charge is 0.255 e. The van der Waals surface area contributed by atoms with Crippen molar-refractivity contribution in [3.05, 3.63) is 81.7 Å². The van der Waals surface area contributed by atoms with Crippen molar-refractivity contribution in [1.82, 2.24) is 15.4 Å². The number of benzene rings is 2. The van der Waals surface area contributed by atoms with Crippen molar-refractivity contribution in [2.45, 2.75) is 45.9 Å². The molecule has 0 bridgehead atoms. The monoisotopic (exact) mass is 453 g/mol. The molecule has 7 heteroatoms. The van der Waals surface area contributed by atoms with Crippen LogP contribution in [0.4, 0.5) is 0 Å². The van der Waals surface area contributed by atoms with Crippen molar-refractivity contribution in [2.75, 3.05) is 13.1 Å². The number of hydrogen-bond acceptors (Lipinski definition) is 5. The molecule has 0 radical (unpaired) electrons. The third kappa shape index (κ3) is 5.50. The number of ether oxygens (including phenoxy) is 1. The number of nitrogens with zero attached hydrogens (tertiary/aromatic N) is 2. The summed E-state index contributed by atoms with van der Waals surface area (Å²) in [6.45, 7) is 6.84. The second-order valence-corrected chi connectivity index (χ2v) is 8.67. The molecular formula is C25H28ClN3O3. The molecule has 1 saturated heterocycles. The molecule has 2 heterocycles. The van der Waals surface area contributed by atoms with Crippen LogP contribution in [-0.4, -0.2) is 35.1 Å². The number of aromatic nitrogens is 1. The molecule has 0 unspecified atom stereocenters. The average Bonchev–Trinajstić information content (AvgIpc) is 3.12. The Labute approximate surface area is 193 Å². The van der Waals surface area contributed by atoms with E-state index in [9.17, 15) is 4.79 Å². The minimum atomic E-state index is -0.101. The summed E-state index contributed by atoms with van der Waals surface area (Å²) < 4.78 is 11.2.